The van der Waals surface area contributed by atoms with Crippen LogP contribution in [-0.2, 0) is 17.8 Å². The number of fused-ring (bicyclic) bond motifs is 1. The molecule has 0 spiro atoms. The molecule has 0 unspecified atom stereocenters. The number of carbonyl (C=O) groups is 2. The van der Waals surface area contributed by atoms with Gasteiger partial charge in [-0.25, -0.2) is 4.79 Å². The summed E-state index contributed by atoms with van der Waals surface area (Å²) in [6, 6.07) is 17.6. The van der Waals surface area contributed by atoms with E-state index in [2.05, 4.69) is 9.67 Å². The highest BCUT2D eigenvalue weighted by molar-refractivity contribution is 6.00. The summed E-state index contributed by atoms with van der Waals surface area (Å²) in [4.78, 5) is 26.0. The van der Waals surface area contributed by atoms with Gasteiger partial charge in [-0.05, 0) is 57.0 Å². The maximum atomic E-state index is 13.0. The van der Waals surface area contributed by atoms with Crippen molar-refractivity contribution in [2.45, 2.75) is 40.8 Å². The molecule has 0 N–H and O–H groups in total. The fourth-order valence-corrected chi connectivity index (χ4v) is 4.73. The second-order valence-corrected chi connectivity index (χ2v) is 9.25. The second-order valence-electron chi connectivity index (χ2n) is 9.25. The first-order valence-corrected chi connectivity index (χ1v) is 12.2. The average molecular weight is 500 g/mol. The Hall–Kier alpha value is -4.33. The molecular weight excluding hydrogens is 470 g/mol. The fraction of sp³-hybridized carbons (Fsp3) is 0.276. The molecule has 0 saturated carbocycles. The van der Waals surface area contributed by atoms with E-state index in [1.165, 1.54) is 0 Å². The molecule has 0 aliphatic carbocycles. The van der Waals surface area contributed by atoms with Crippen molar-refractivity contribution in [3.05, 3.63) is 99.6 Å². The first-order chi connectivity index (χ1) is 17.8. The normalized spacial score (nSPS) is 12.1. The average Bonchev–Trinajstić information content (AvgIpc) is 3.55. The number of ketones is 1. The van der Waals surface area contributed by atoms with Crippen molar-refractivity contribution in [1.82, 2.24) is 14.3 Å². The van der Waals surface area contributed by atoms with Crippen molar-refractivity contribution in [1.29, 1.82) is 0 Å². The minimum absolute atomic E-state index is 0.227. The summed E-state index contributed by atoms with van der Waals surface area (Å²) in [5.74, 6) is 0.668. The highest BCUT2D eigenvalue weighted by Gasteiger charge is 2.23. The van der Waals surface area contributed by atoms with Crippen molar-refractivity contribution in [2.24, 2.45) is 0 Å². The van der Waals surface area contributed by atoms with E-state index in [0.29, 0.717) is 35.6 Å². The van der Waals surface area contributed by atoms with Crippen molar-refractivity contribution in [3.8, 4) is 11.5 Å². The van der Waals surface area contributed by atoms with E-state index in [1.54, 1.807) is 11.6 Å². The number of esters is 1. The zero-order valence-electron chi connectivity index (χ0n) is 21.4. The molecule has 1 aliphatic heterocycles. The number of aromatic nitrogens is 3. The largest absolute Gasteiger partial charge is 0.454 e. The van der Waals surface area contributed by atoms with Gasteiger partial charge in [0.1, 0.15) is 5.56 Å². The molecule has 0 amide bonds. The van der Waals surface area contributed by atoms with Crippen LogP contribution in [0.4, 0.5) is 0 Å². The summed E-state index contributed by atoms with van der Waals surface area (Å²) in [5.41, 5.74) is 6.11. The Balaban J connectivity index is 1.26. The van der Waals surface area contributed by atoms with Crippen LogP contribution in [-0.4, -0.2) is 39.5 Å². The van der Waals surface area contributed by atoms with Crippen LogP contribution in [0.3, 0.4) is 0 Å². The molecule has 2 aromatic heterocycles. The van der Waals surface area contributed by atoms with E-state index in [-0.39, 0.29) is 19.2 Å². The van der Waals surface area contributed by atoms with Gasteiger partial charge in [0.25, 0.3) is 0 Å². The molecule has 0 saturated heterocycles. The van der Waals surface area contributed by atoms with Crippen LogP contribution in [0.2, 0.25) is 0 Å². The monoisotopic (exact) mass is 499 g/mol. The van der Waals surface area contributed by atoms with Crippen LogP contribution in [0.1, 0.15) is 54.6 Å². The van der Waals surface area contributed by atoms with Gasteiger partial charge in [0.05, 0.1) is 17.9 Å². The van der Waals surface area contributed by atoms with E-state index in [9.17, 15) is 9.59 Å². The van der Waals surface area contributed by atoms with Gasteiger partial charge in [0.2, 0.25) is 12.6 Å². The molecule has 8 heteroatoms. The van der Waals surface area contributed by atoms with Gasteiger partial charge in [-0.3, -0.25) is 9.48 Å². The molecule has 0 radical (unpaired) electrons. The summed E-state index contributed by atoms with van der Waals surface area (Å²) in [5, 5.41) is 4.51. The van der Waals surface area contributed by atoms with Crippen LogP contribution < -0.4 is 9.47 Å². The van der Waals surface area contributed by atoms with Gasteiger partial charge < -0.3 is 18.8 Å². The van der Waals surface area contributed by atoms with E-state index < -0.39 is 5.97 Å². The van der Waals surface area contributed by atoms with E-state index >= 15 is 0 Å². The maximum Gasteiger partial charge on any atom is 0.342 e. The summed E-state index contributed by atoms with van der Waals surface area (Å²) < 4.78 is 20.2. The van der Waals surface area contributed by atoms with Gasteiger partial charge in [-0.1, -0.05) is 36.4 Å². The highest BCUT2D eigenvalue weighted by atomic mass is 16.7. The number of Topliss-reactive ketones (excluding diaryl/α,β-unsaturated/α-hetero) is 1. The maximum absolute atomic E-state index is 13.0. The van der Waals surface area contributed by atoms with Gasteiger partial charge in [-0.15, -0.1) is 0 Å². The lowest BCUT2D eigenvalue weighted by Crippen LogP contribution is -2.16. The third kappa shape index (κ3) is 4.87. The molecule has 4 aromatic rings. The number of hydrogen-bond acceptors (Lipinski definition) is 6. The predicted octanol–water partition coefficient (Wildman–Crippen LogP) is 4.78. The topological polar surface area (TPSA) is 84.6 Å². The van der Waals surface area contributed by atoms with Crippen LogP contribution >= 0.6 is 0 Å². The molecule has 0 fully saturated rings. The number of nitrogens with zero attached hydrogens (tertiary/aromatic N) is 3. The molecule has 1 aliphatic rings. The van der Waals surface area contributed by atoms with Crippen molar-refractivity contribution >= 4 is 11.8 Å². The van der Waals surface area contributed by atoms with Crippen molar-refractivity contribution in [2.75, 3.05) is 13.4 Å². The quantitative estimate of drug-likeness (QED) is 0.256. The molecule has 2 aromatic carbocycles. The number of ether oxygens (including phenoxy) is 3. The van der Waals surface area contributed by atoms with Gasteiger partial charge in [-0.2, -0.15) is 5.10 Å². The summed E-state index contributed by atoms with van der Waals surface area (Å²) in [6.07, 6.45) is 0. The molecule has 3 heterocycles. The van der Waals surface area contributed by atoms with E-state index in [1.807, 2.05) is 75.4 Å². The first kappa shape index (κ1) is 24.4. The van der Waals surface area contributed by atoms with Crippen LogP contribution in [0.25, 0.3) is 0 Å². The van der Waals surface area contributed by atoms with Gasteiger partial charge in [0.15, 0.2) is 18.1 Å². The minimum atomic E-state index is -0.545. The smallest absolute Gasteiger partial charge is 0.342 e. The summed E-state index contributed by atoms with van der Waals surface area (Å²) in [6.45, 7) is 8.49. The zero-order chi connectivity index (χ0) is 26.1. The van der Waals surface area contributed by atoms with Crippen molar-refractivity contribution in [3.63, 3.8) is 0 Å². The Morgan fingerprint density at radius 2 is 1.65 bits per heavy atom. The molecule has 5 rings (SSSR count). The Labute approximate surface area is 215 Å². The Kier molecular flexibility index (Phi) is 6.56. The highest BCUT2D eigenvalue weighted by Crippen LogP contribution is 2.33. The Bertz CT molecular complexity index is 1480. The summed E-state index contributed by atoms with van der Waals surface area (Å²) in [7, 11) is 0. The summed E-state index contributed by atoms with van der Waals surface area (Å²) >= 11 is 0. The number of rotatable bonds is 8. The van der Waals surface area contributed by atoms with Gasteiger partial charge >= 0.3 is 5.97 Å². The number of benzene rings is 2. The second kappa shape index (κ2) is 9.97. The lowest BCUT2D eigenvalue weighted by Gasteiger charge is -2.11. The lowest BCUT2D eigenvalue weighted by atomic mass is 10.1. The molecule has 8 nitrogen and oxygen atoms in total. The lowest BCUT2D eigenvalue weighted by molar-refractivity contribution is 0.0473. The molecule has 0 atom stereocenters. The minimum Gasteiger partial charge on any atom is -0.454 e. The Morgan fingerprint density at radius 1 is 0.892 bits per heavy atom. The third-order valence-corrected chi connectivity index (χ3v) is 6.75. The number of hydrogen-bond donors (Lipinski definition) is 0. The van der Waals surface area contributed by atoms with Crippen LogP contribution in [0.5, 0.6) is 11.5 Å². The Morgan fingerprint density at radius 3 is 2.43 bits per heavy atom. The molecule has 0 bridgehead atoms. The SMILES string of the molecule is Cc1nn(Cc2ccccc2)c(C)c1C(=O)OCC(=O)c1cc(C)n(Cc2ccc3c(c2)OCO3)c1C. The third-order valence-electron chi connectivity index (χ3n) is 6.75. The standard InChI is InChI=1S/C29H29N3O5/c1-18-12-24(20(3)31(18)14-23-10-11-26-27(13-23)37-17-36-26)25(33)16-35-29(34)28-19(2)30-32(21(28)4)15-22-8-6-5-7-9-22/h5-13H,14-17H2,1-4H3. The molecule has 37 heavy (non-hydrogen) atoms. The fourth-order valence-electron chi connectivity index (χ4n) is 4.73. The van der Waals surface area contributed by atoms with E-state index in [0.717, 1.165) is 34.0 Å². The number of carbonyl (C=O) groups excluding carboxylic acids is 2. The van der Waals surface area contributed by atoms with Gasteiger partial charge in [0, 0.05) is 23.5 Å². The predicted molar refractivity (Wildman–Crippen MR) is 137 cm³/mol. The molecule has 190 valence electrons. The van der Waals surface area contributed by atoms with Crippen LogP contribution in [0.15, 0.2) is 54.6 Å². The first-order valence-electron chi connectivity index (χ1n) is 12.2. The van der Waals surface area contributed by atoms with E-state index in [4.69, 9.17) is 14.2 Å². The van der Waals surface area contributed by atoms with Crippen LogP contribution in [0, 0.1) is 27.7 Å². The zero-order valence-corrected chi connectivity index (χ0v) is 21.4. The number of aryl methyl sites for hydroxylation is 2. The van der Waals surface area contributed by atoms with Crippen molar-refractivity contribution < 1.29 is 23.8 Å². The molecular formula is C29H29N3O5.